The third-order valence-electron chi connectivity index (χ3n) is 3.39. The van der Waals surface area contributed by atoms with E-state index in [0.29, 0.717) is 6.61 Å². The number of aromatic nitrogens is 1. The molecule has 0 saturated heterocycles. The summed E-state index contributed by atoms with van der Waals surface area (Å²) in [6.07, 6.45) is 5.71. The van der Waals surface area contributed by atoms with Gasteiger partial charge in [-0.05, 0) is 23.8 Å². The lowest BCUT2D eigenvalue weighted by molar-refractivity contribution is 0.175. The summed E-state index contributed by atoms with van der Waals surface area (Å²) in [7, 11) is 0. The average molecular weight is 314 g/mol. The molecule has 0 unspecified atom stereocenters. The van der Waals surface area contributed by atoms with Crippen LogP contribution in [0, 0.1) is 0 Å². The molecule has 0 amide bonds. The first-order valence-electron chi connectivity index (χ1n) is 7.82. The molecule has 0 aliphatic rings. The maximum absolute atomic E-state index is 5.49. The van der Waals surface area contributed by atoms with E-state index in [4.69, 9.17) is 4.84 Å². The minimum absolute atomic E-state index is 0.401. The molecule has 3 aromatic rings. The van der Waals surface area contributed by atoms with E-state index >= 15 is 0 Å². The molecule has 0 saturated carbocycles. The lowest BCUT2D eigenvalue weighted by Gasteiger charge is -2.05. The Labute approximate surface area is 141 Å². The lowest BCUT2D eigenvalue weighted by atomic mass is 10.1. The molecule has 0 radical (unpaired) electrons. The second-order valence-corrected chi connectivity index (χ2v) is 5.13. The Kier molecular flexibility index (Phi) is 5.51. The number of benzene rings is 2. The van der Waals surface area contributed by atoms with Crippen LogP contribution < -0.4 is 0 Å². The number of nitrogens with zero attached hydrogens (tertiary/aromatic N) is 2. The Morgan fingerprint density at radius 2 is 1.58 bits per heavy atom. The fourth-order valence-corrected chi connectivity index (χ4v) is 2.24. The molecular formula is C21H18N2O. The number of hydrogen-bond acceptors (Lipinski definition) is 3. The average Bonchev–Trinajstić information content (AvgIpc) is 2.67. The molecule has 0 N–H and O–H groups in total. The molecule has 1 aromatic heterocycles. The van der Waals surface area contributed by atoms with Gasteiger partial charge in [0, 0.05) is 11.8 Å². The summed E-state index contributed by atoms with van der Waals surface area (Å²) in [4.78, 5) is 9.86. The molecular weight excluding hydrogens is 296 g/mol. The summed E-state index contributed by atoms with van der Waals surface area (Å²) in [5, 5.41) is 4.30. The van der Waals surface area contributed by atoms with Crippen LogP contribution in [-0.4, -0.2) is 17.3 Å². The van der Waals surface area contributed by atoms with Gasteiger partial charge in [-0.15, -0.1) is 0 Å². The van der Waals surface area contributed by atoms with Crippen LogP contribution in [-0.2, 0) is 4.84 Å². The summed E-state index contributed by atoms with van der Waals surface area (Å²) in [5.41, 5.74) is 3.63. The Morgan fingerprint density at radius 3 is 2.29 bits per heavy atom. The molecule has 118 valence electrons. The number of hydrogen-bond donors (Lipinski definition) is 0. The van der Waals surface area contributed by atoms with Gasteiger partial charge in [0.15, 0.2) is 0 Å². The van der Waals surface area contributed by atoms with Crippen molar-refractivity contribution in [1.82, 2.24) is 4.98 Å². The zero-order valence-electron chi connectivity index (χ0n) is 13.2. The molecule has 0 bridgehead atoms. The van der Waals surface area contributed by atoms with Gasteiger partial charge in [0.25, 0.3) is 0 Å². The molecule has 0 atom stereocenters. The monoisotopic (exact) mass is 314 g/mol. The van der Waals surface area contributed by atoms with Crippen molar-refractivity contribution in [3.63, 3.8) is 0 Å². The number of pyridine rings is 1. The topological polar surface area (TPSA) is 34.5 Å². The Hall–Kier alpha value is -3.20. The predicted molar refractivity (Wildman–Crippen MR) is 97.7 cm³/mol. The largest absolute Gasteiger partial charge is 0.391 e. The Bertz CT molecular complexity index is 756. The van der Waals surface area contributed by atoms with Crippen molar-refractivity contribution in [2.45, 2.75) is 0 Å². The molecule has 2 aromatic carbocycles. The zero-order valence-corrected chi connectivity index (χ0v) is 13.2. The fraction of sp³-hybridized carbons (Fsp3) is 0.0476. The molecule has 0 fully saturated rings. The van der Waals surface area contributed by atoms with E-state index in [1.807, 2.05) is 91.0 Å². The van der Waals surface area contributed by atoms with Crippen LogP contribution in [0.4, 0.5) is 0 Å². The standard InChI is InChI=1S/C21H18N2O/c1-3-10-18(11-4-1)12-9-17-24-23-21(19-13-5-2-6-14-19)20-15-7-8-16-22-20/h1-16H,17H2. The van der Waals surface area contributed by atoms with Crippen LogP contribution in [0.1, 0.15) is 16.8 Å². The smallest absolute Gasteiger partial charge is 0.135 e. The summed E-state index contributed by atoms with van der Waals surface area (Å²) in [5.74, 6) is 0. The van der Waals surface area contributed by atoms with Crippen molar-refractivity contribution in [3.8, 4) is 0 Å². The second-order valence-electron chi connectivity index (χ2n) is 5.13. The van der Waals surface area contributed by atoms with Gasteiger partial charge in [-0.2, -0.15) is 0 Å². The van der Waals surface area contributed by atoms with E-state index in [9.17, 15) is 0 Å². The first-order chi connectivity index (χ1) is 11.9. The van der Waals surface area contributed by atoms with Crippen molar-refractivity contribution < 1.29 is 4.84 Å². The molecule has 24 heavy (non-hydrogen) atoms. The van der Waals surface area contributed by atoms with Crippen molar-refractivity contribution in [2.75, 3.05) is 6.61 Å². The highest BCUT2D eigenvalue weighted by molar-refractivity contribution is 6.11. The van der Waals surface area contributed by atoms with E-state index < -0.39 is 0 Å². The minimum Gasteiger partial charge on any atom is -0.391 e. The van der Waals surface area contributed by atoms with Crippen LogP contribution in [0.2, 0.25) is 0 Å². The van der Waals surface area contributed by atoms with Gasteiger partial charge in [0.05, 0.1) is 5.69 Å². The van der Waals surface area contributed by atoms with Gasteiger partial charge >= 0.3 is 0 Å². The second kappa shape index (κ2) is 8.44. The van der Waals surface area contributed by atoms with Crippen LogP contribution in [0.25, 0.3) is 6.08 Å². The SMILES string of the molecule is C(=Cc1ccccc1)CON=C(c1ccccc1)c1ccccn1. The zero-order chi connectivity index (χ0) is 16.5. The van der Waals surface area contributed by atoms with E-state index in [1.165, 1.54) is 0 Å². The maximum Gasteiger partial charge on any atom is 0.135 e. The Morgan fingerprint density at radius 1 is 0.875 bits per heavy atom. The summed E-state index contributed by atoms with van der Waals surface area (Å²) >= 11 is 0. The van der Waals surface area contributed by atoms with E-state index in [-0.39, 0.29) is 0 Å². The van der Waals surface area contributed by atoms with Crippen LogP contribution in [0.3, 0.4) is 0 Å². The van der Waals surface area contributed by atoms with Crippen molar-refractivity contribution in [3.05, 3.63) is 108 Å². The first kappa shape index (κ1) is 15.7. The van der Waals surface area contributed by atoms with Gasteiger partial charge < -0.3 is 4.84 Å². The van der Waals surface area contributed by atoms with Crippen molar-refractivity contribution >= 4 is 11.8 Å². The molecule has 0 aliphatic carbocycles. The van der Waals surface area contributed by atoms with E-state index in [0.717, 1.165) is 22.5 Å². The minimum atomic E-state index is 0.401. The van der Waals surface area contributed by atoms with Crippen molar-refractivity contribution in [2.24, 2.45) is 5.16 Å². The molecule has 0 spiro atoms. The summed E-state index contributed by atoms with van der Waals surface area (Å²) in [6.45, 7) is 0.401. The predicted octanol–water partition coefficient (Wildman–Crippen LogP) is 4.56. The highest BCUT2D eigenvalue weighted by Gasteiger charge is 2.08. The first-order valence-corrected chi connectivity index (χ1v) is 7.82. The normalized spacial score (nSPS) is 11.6. The van der Waals surface area contributed by atoms with E-state index in [2.05, 4.69) is 10.1 Å². The third-order valence-corrected chi connectivity index (χ3v) is 3.39. The van der Waals surface area contributed by atoms with Crippen LogP contribution >= 0.6 is 0 Å². The highest BCUT2D eigenvalue weighted by atomic mass is 16.6. The summed E-state index contributed by atoms with van der Waals surface area (Å²) < 4.78 is 0. The van der Waals surface area contributed by atoms with E-state index in [1.54, 1.807) is 6.20 Å². The molecule has 1 heterocycles. The number of oxime groups is 1. The quantitative estimate of drug-likeness (QED) is 0.379. The molecule has 3 heteroatoms. The summed E-state index contributed by atoms with van der Waals surface area (Å²) in [6, 6.07) is 25.8. The van der Waals surface area contributed by atoms with Gasteiger partial charge in [0.2, 0.25) is 0 Å². The lowest BCUT2D eigenvalue weighted by Crippen LogP contribution is -2.06. The fourth-order valence-electron chi connectivity index (χ4n) is 2.24. The molecule has 3 rings (SSSR count). The van der Waals surface area contributed by atoms with Crippen LogP contribution in [0.15, 0.2) is 96.3 Å². The third kappa shape index (κ3) is 4.40. The van der Waals surface area contributed by atoms with Crippen LogP contribution in [0.5, 0.6) is 0 Å². The maximum atomic E-state index is 5.49. The Balaban J connectivity index is 1.72. The van der Waals surface area contributed by atoms with Gasteiger partial charge in [-0.3, -0.25) is 4.98 Å². The van der Waals surface area contributed by atoms with Crippen molar-refractivity contribution in [1.29, 1.82) is 0 Å². The van der Waals surface area contributed by atoms with Gasteiger partial charge in [0.1, 0.15) is 12.3 Å². The number of rotatable bonds is 6. The molecule has 3 nitrogen and oxygen atoms in total. The van der Waals surface area contributed by atoms with Gasteiger partial charge in [-0.1, -0.05) is 78.0 Å². The highest BCUT2D eigenvalue weighted by Crippen LogP contribution is 2.09. The van der Waals surface area contributed by atoms with Gasteiger partial charge in [-0.25, -0.2) is 0 Å². The molecule has 0 aliphatic heterocycles.